The molecule has 2 nitrogen and oxygen atoms in total. The molecule has 0 aromatic rings. The molecule has 1 fully saturated rings. The summed E-state index contributed by atoms with van der Waals surface area (Å²) in [5, 5.41) is 0. The van der Waals surface area contributed by atoms with E-state index in [0.717, 1.165) is 17.9 Å². The van der Waals surface area contributed by atoms with Gasteiger partial charge in [0, 0.05) is 25.7 Å². The fourth-order valence-electron chi connectivity index (χ4n) is 2.47. The predicted molar refractivity (Wildman–Crippen MR) is 57.9 cm³/mol. The van der Waals surface area contributed by atoms with Crippen LogP contribution in [0.2, 0.25) is 0 Å². The van der Waals surface area contributed by atoms with Crippen LogP contribution in [-0.4, -0.2) is 49.6 Å². The Labute approximate surface area is 82.9 Å². The van der Waals surface area contributed by atoms with E-state index in [2.05, 4.69) is 44.7 Å². The van der Waals surface area contributed by atoms with E-state index in [1.165, 1.54) is 19.6 Å². The third-order valence-electron chi connectivity index (χ3n) is 2.97. The molecule has 0 radical (unpaired) electrons. The summed E-state index contributed by atoms with van der Waals surface area (Å²) in [5.41, 5.74) is 0. The molecule has 0 aliphatic carbocycles. The molecule has 0 aromatic carbocycles. The SMILES string of the molecule is CC(C)CN(C)C1CN(C)CC1C. The molecule has 2 unspecified atom stereocenters. The Balaban J connectivity index is 2.42. The number of likely N-dealkylation sites (N-methyl/N-ethyl adjacent to an activating group) is 2. The van der Waals surface area contributed by atoms with Gasteiger partial charge in [-0.25, -0.2) is 0 Å². The van der Waals surface area contributed by atoms with E-state index in [-0.39, 0.29) is 0 Å². The van der Waals surface area contributed by atoms with Gasteiger partial charge >= 0.3 is 0 Å². The van der Waals surface area contributed by atoms with Gasteiger partial charge in [-0.05, 0) is 25.9 Å². The highest BCUT2D eigenvalue weighted by Gasteiger charge is 2.30. The van der Waals surface area contributed by atoms with Crippen LogP contribution in [0.25, 0.3) is 0 Å². The first-order chi connectivity index (χ1) is 6.00. The van der Waals surface area contributed by atoms with E-state index in [0.29, 0.717) is 0 Å². The molecule has 1 heterocycles. The molecular formula is C11H24N2. The number of nitrogens with zero attached hydrogens (tertiary/aromatic N) is 2. The molecule has 78 valence electrons. The summed E-state index contributed by atoms with van der Waals surface area (Å²) in [7, 11) is 4.49. The van der Waals surface area contributed by atoms with E-state index in [9.17, 15) is 0 Å². The highest BCUT2D eigenvalue weighted by molar-refractivity contribution is 4.86. The van der Waals surface area contributed by atoms with Crippen molar-refractivity contribution in [2.24, 2.45) is 11.8 Å². The van der Waals surface area contributed by atoms with E-state index >= 15 is 0 Å². The Kier molecular flexibility index (Phi) is 3.74. The molecule has 2 heteroatoms. The Morgan fingerprint density at radius 1 is 1.38 bits per heavy atom. The first-order valence-electron chi connectivity index (χ1n) is 5.39. The van der Waals surface area contributed by atoms with Crippen molar-refractivity contribution in [1.82, 2.24) is 9.80 Å². The summed E-state index contributed by atoms with van der Waals surface area (Å²) >= 11 is 0. The van der Waals surface area contributed by atoms with Crippen LogP contribution in [0, 0.1) is 11.8 Å². The third kappa shape index (κ3) is 2.96. The standard InChI is InChI=1S/C11H24N2/c1-9(2)6-13(5)11-8-12(4)7-10(11)3/h9-11H,6-8H2,1-5H3. The van der Waals surface area contributed by atoms with E-state index in [1.807, 2.05) is 0 Å². The highest BCUT2D eigenvalue weighted by atomic mass is 15.2. The molecule has 0 spiro atoms. The molecule has 2 atom stereocenters. The van der Waals surface area contributed by atoms with Gasteiger partial charge in [0.15, 0.2) is 0 Å². The van der Waals surface area contributed by atoms with E-state index < -0.39 is 0 Å². The van der Waals surface area contributed by atoms with Gasteiger partial charge in [-0.3, -0.25) is 0 Å². The molecule has 1 saturated heterocycles. The maximum absolute atomic E-state index is 2.53. The summed E-state index contributed by atoms with van der Waals surface area (Å²) in [4.78, 5) is 4.96. The summed E-state index contributed by atoms with van der Waals surface area (Å²) in [6.45, 7) is 10.7. The summed E-state index contributed by atoms with van der Waals surface area (Å²) < 4.78 is 0. The van der Waals surface area contributed by atoms with Gasteiger partial charge in [0.1, 0.15) is 0 Å². The monoisotopic (exact) mass is 184 g/mol. The van der Waals surface area contributed by atoms with Gasteiger partial charge < -0.3 is 9.80 Å². The predicted octanol–water partition coefficient (Wildman–Crippen LogP) is 1.52. The Bertz CT molecular complexity index is 156. The third-order valence-corrected chi connectivity index (χ3v) is 2.97. The van der Waals surface area contributed by atoms with Crippen molar-refractivity contribution < 1.29 is 0 Å². The van der Waals surface area contributed by atoms with Crippen molar-refractivity contribution in [2.45, 2.75) is 26.8 Å². The number of hydrogen-bond donors (Lipinski definition) is 0. The van der Waals surface area contributed by atoms with Crippen LogP contribution in [0.15, 0.2) is 0 Å². The van der Waals surface area contributed by atoms with Crippen LogP contribution in [0.5, 0.6) is 0 Å². The van der Waals surface area contributed by atoms with Crippen LogP contribution in [0.4, 0.5) is 0 Å². The molecule has 1 rings (SSSR count). The normalized spacial score (nSPS) is 30.7. The zero-order chi connectivity index (χ0) is 10.0. The zero-order valence-electron chi connectivity index (χ0n) is 9.75. The molecular weight excluding hydrogens is 160 g/mol. The Hall–Kier alpha value is -0.0800. The lowest BCUT2D eigenvalue weighted by Gasteiger charge is -2.28. The minimum atomic E-state index is 0.771. The fraction of sp³-hybridized carbons (Fsp3) is 1.00. The minimum absolute atomic E-state index is 0.771. The van der Waals surface area contributed by atoms with Crippen molar-refractivity contribution >= 4 is 0 Å². The summed E-state index contributed by atoms with van der Waals surface area (Å²) in [6.07, 6.45) is 0. The van der Waals surface area contributed by atoms with Crippen molar-refractivity contribution in [3.63, 3.8) is 0 Å². The van der Waals surface area contributed by atoms with Crippen LogP contribution < -0.4 is 0 Å². The van der Waals surface area contributed by atoms with Crippen LogP contribution in [-0.2, 0) is 0 Å². The average Bonchev–Trinajstić information content (AvgIpc) is 2.28. The molecule has 0 amide bonds. The van der Waals surface area contributed by atoms with Gasteiger partial charge in [0.2, 0.25) is 0 Å². The second-order valence-electron chi connectivity index (χ2n) is 5.10. The van der Waals surface area contributed by atoms with Gasteiger partial charge in [0.05, 0.1) is 0 Å². The number of hydrogen-bond acceptors (Lipinski definition) is 2. The van der Waals surface area contributed by atoms with E-state index in [1.54, 1.807) is 0 Å². The largest absolute Gasteiger partial charge is 0.304 e. The quantitative estimate of drug-likeness (QED) is 0.656. The van der Waals surface area contributed by atoms with Crippen LogP contribution >= 0.6 is 0 Å². The summed E-state index contributed by atoms with van der Waals surface area (Å²) in [5.74, 6) is 1.61. The number of likely N-dealkylation sites (tertiary alicyclic amines) is 1. The summed E-state index contributed by atoms with van der Waals surface area (Å²) in [6, 6.07) is 0.771. The van der Waals surface area contributed by atoms with Crippen LogP contribution in [0.1, 0.15) is 20.8 Å². The van der Waals surface area contributed by atoms with Crippen molar-refractivity contribution in [3.8, 4) is 0 Å². The van der Waals surface area contributed by atoms with Crippen molar-refractivity contribution in [3.05, 3.63) is 0 Å². The lowest BCUT2D eigenvalue weighted by molar-refractivity contribution is 0.193. The maximum atomic E-state index is 2.53. The smallest absolute Gasteiger partial charge is 0.0257 e. The molecule has 0 saturated carbocycles. The molecule has 0 aromatic heterocycles. The molecule has 0 N–H and O–H groups in total. The molecule has 0 bridgehead atoms. The second-order valence-corrected chi connectivity index (χ2v) is 5.10. The van der Waals surface area contributed by atoms with E-state index in [4.69, 9.17) is 0 Å². The Morgan fingerprint density at radius 3 is 2.38 bits per heavy atom. The zero-order valence-corrected chi connectivity index (χ0v) is 9.75. The molecule has 1 aliphatic rings. The second kappa shape index (κ2) is 4.43. The highest BCUT2D eigenvalue weighted by Crippen LogP contribution is 2.19. The van der Waals surface area contributed by atoms with Gasteiger partial charge in [-0.15, -0.1) is 0 Å². The van der Waals surface area contributed by atoms with Crippen molar-refractivity contribution in [2.75, 3.05) is 33.7 Å². The first-order valence-corrected chi connectivity index (χ1v) is 5.39. The van der Waals surface area contributed by atoms with Crippen LogP contribution in [0.3, 0.4) is 0 Å². The average molecular weight is 184 g/mol. The minimum Gasteiger partial charge on any atom is -0.304 e. The lowest BCUT2D eigenvalue weighted by atomic mass is 10.0. The lowest BCUT2D eigenvalue weighted by Crippen LogP contribution is -2.39. The fourth-order valence-corrected chi connectivity index (χ4v) is 2.47. The van der Waals surface area contributed by atoms with Crippen molar-refractivity contribution in [1.29, 1.82) is 0 Å². The van der Waals surface area contributed by atoms with Gasteiger partial charge in [0.25, 0.3) is 0 Å². The number of rotatable bonds is 3. The van der Waals surface area contributed by atoms with Gasteiger partial charge in [-0.2, -0.15) is 0 Å². The molecule has 13 heavy (non-hydrogen) atoms. The Morgan fingerprint density at radius 2 is 2.00 bits per heavy atom. The molecule has 1 aliphatic heterocycles. The van der Waals surface area contributed by atoms with Gasteiger partial charge in [-0.1, -0.05) is 20.8 Å². The maximum Gasteiger partial charge on any atom is 0.0257 e. The topological polar surface area (TPSA) is 6.48 Å². The first kappa shape index (κ1) is 11.0.